The molecule has 0 unspecified atom stereocenters. The lowest BCUT2D eigenvalue weighted by atomic mass is 10.2. The summed E-state index contributed by atoms with van der Waals surface area (Å²) in [5, 5.41) is 0.703. The Morgan fingerprint density at radius 3 is 2.65 bits per heavy atom. The summed E-state index contributed by atoms with van der Waals surface area (Å²) in [5.74, 6) is 0. The van der Waals surface area contributed by atoms with Crippen molar-refractivity contribution < 1.29 is 0 Å². The molecule has 0 saturated heterocycles. The van der Waals surface area contributed by atoms with Crippen LogP contribution in [0, 0.1) is 0 Å². The lowest BCUT2D eigenvalue weighted by Gasteiger charge is -2.07. The van der Waals surface area contributed by atoms with Crippen molar-refractivity contribution >= 4 is 11.6 Å². The number of nitrogens with two attached hydrogens (primary N) is 1. The maximum absolute atomic E-state index is 11.3. The van der Waals surface area contributed by atoms with Gasteiger partial charge in [0.05, 0.1) is 6.33 Å². The molecule has 1 heterocycles. The largest absolute Gasteiger partial charge is 0.334 e. The Morgan fingerprint density at radius 2 is 2.00 bits per heavy atom. The average Bonchev–Trinajstić information content (AvgIpc) is 2.34. The fourth-order valence-electron chi connectivity index (χ4n) is 1.53. The van der Waals surface area contributed by atoms with Crippen molar-refractivity contribution in [2.45, 2.75) is 13.1 Å². The summed E-state index contributed by atoms with van der Waals surface area (Å²) in [5.41, 5.74) is 6.80. The Labute approximate surface area is 104 Å². The molecule has 0 aliphatic rings. The Morgan fingerprint density at radius 1 is 1.29 bits per heavy atom. The predicted octanol–water partition coefficient (Wildman–Crippen LogP) is 1.40. The first-order chi connectivity index (χ1) is 8.19. The second kappa shape index (κ2) is 5.12. The highest BCUT2D eigenvalue weighted by Crippen LogP contribution is 2.10. The number of rotatable bonds is 3. The van der Waals surface area contributed by atoms with Crippen LogP contribution in [0.1, 0.15) is 11.1 Å². The molecule has 0 fully saturated rings. The van der Waals surface area contributed by atoms with Gasteiger partial charge in [-0.25, -0.2) is 0 Å². The molecule has 0 atom stereocenters. The molecule has 0 saturated carbocycles. The number of halogens is 1. The first-order valence-electron chi connectivity index (χ1n) is 5.18. The molecule has 0 bridgehead atoms. The Bertz CT molecular complexity index is 563. The molecule has 1 aromatic carbocycles. The summed E-state index contributed by atoms with van der Waals surface area (Å²) in [4.78, 5) is 15.0. The molecule has 2 N–H and O–H groups in total. The van der Waals surface area contributed by atoms with Crippen LogP contribution in [-0.4, -0.2) is 9.55 Å². The molecular weight excluding hydrogens is 238 g/mol. The summed E-state index contributed by atoms with van der Waals surface area (Å²) < 4.78 is 1.83. The number of hydrogen-bond donors (Lipinski definition) is 1. The van der Waals surface area contributed by atoms with Gasteiger partial charge in [0.2, 0.25) is 0 Å². The fourth-order valence-corrected chi connectivity index (χ4v) is 1.65. The van der Waals surface area contributed by atoms with Gasteiger partial charge in [-0.1, -0.05) is 23.7 Å². The standard InChI is InChI=1S/C12H12ClN3O/c13-11-3-1-9(2-4-11)6-16-7-10(5-14)12(17)15-8-16/h1-4,7-8H,5-6,14H2. The highest BCUT2D eigenvalue weighted by atomic mass is 35.5. The van der Waals surface area contributed by atoms with E-state index < -0.39 is 0 Å². The Kier molecular flexibility index (Phi) is 3.56. The van der Waals surface area contributed by atoms with E-state index in [1.165, 1.54) is 6.33 Å². The zero-order chi connectivity index (χ0) is 12.3. The fraction of sp³-hybridized carbons (Fsp3) is 0.167. The monoisotopic (exact) mass is 249 g/mol. The van der Waals surface area contributed by atoms with Crippen LogP contribution >= 0.6 is 11.6 Å². The van der Waals surface area contributed by atoms with Crippen molar-refractivity contribution in [2.24, 2.45) is 5.73 Å². The van der Waals surface area contributed by atoms with Gasteiger partial charge in [0.25, 0.3) is 5.56 Å². The normalized spacial score (nSPS) is 10.5. The maximum Gasteiger partial charge on any atom is 0.277 e. The summed E-state index contributed by atoms with van der Waals surface area (Å²) in [7, 11) is 0. The first kappa shape index (κ1) is 11.8. The Hall–Kier alpha value is -1.65. The molecule has 0 amide bonds. The highest BCUT2D eigenvalue weighted by molar-refractivity contribution is 6.30. The molecule has 2 rings (SSSR count). The van der Waals surface area contributed by atoms with Gasteiger partial charge in [0.15, 0.2) is 0 Å². The van der Waals surface area contributed by atoms with Gasteiger partial charge in [0, 0.05) is 29.9 Å². The molecule has 4 nitrogen and oxygen atoms in total. The van der Waals surface area contributed by atoms with Crippen molar-refractivity contribution in [3.05, 3.63) is 63.3 Å². The zero-order valence-corrected chi connectivity index (χ0v) is 9.89. The van der Waals surface area contributed by atoms with Crippen LogP contribution in [0.25, 0.3) is 0 Å². The summed E-state index contributed by atoms with van der Waals surface area (Å²) in [6.45, 7) is 0.838. The van der Waals surface area contributed by atoms with Crippen LogP contribution in [0.4, 0.5) is 0 Å². The number of aromatic nitrogens is 2. The average molecular weight is 250 g/mol. The summed E-state index contributed by atoms with van der Waals surface area (Å²) >= 11 is 5.81. The number of nitrogens with zero attached hydrogens (tertiary/aromatic N) is 2. The van der Waals surface area contributed by atoms with E-state index in [0.29, 0.717) is 17.1 Å². The van der Waals surface area contributed by atoms with Crippen LogP contribution in [0.15, 0.2) is 41.6 Å². The quantitative estimate of drug-likeness (QED) is 0.895. The van der Waals surface area contributed by atoms with E-state index in [1.54, 1.807) is 6.20 Å². The van der Waals surface area contributed by atoms with Gasteiger partial charge < -0.3 is 10.3 Å². The van der Waals surface area contributed by atoms with Crippen molar-refractivity contribution in [2.75, 3.05) is 0 Å². The van der Waals surface area contributed by atoms with E-state index >= 15 is 0 Å². The molecule has 0 spiro atoms. The number of benzene rings is 1. The SMILES string of the molecule is NCc1cn(Cc2ccc(Cl)cc2)cnc1=O. The third-order valence-corrected chi connectivity index (χ3v) is 2.67. The molecule has 0 aliphatic heterocycles. The minimum atomic E-state index is -0.264. The molecular formula is C12H12ClN3O. The summed E-state index contributed by atoms with van der Waals surface area (Å²) in [6.07, 6.45) is 3.24. The number of hydrogen-bond acceptors (Lipinski definition) is 3. The third kappa shape index (κ3) is 2.93. The molecule has 2 aromatic rings. The first-order valence-corrected chi connectivity index (χ1v) is 5.56. The van der Waals surface area contributed by atoms with Crippen molar-refractivity contribution in [1.82, 2.24) is 9.55 Å². The predicted molar refractivity (Wildman–Crippen MR) is 66.9 cm³/mol. The molecule has 0 radical (unpaired) electrons. The van der Waals surface area contributed by atoms with E-state index in [0.717, 1.165) is 5.56 Å². The van der Waals surface area contributed by atoms with Crippen LogP contribution in [0.3, 0.4) is 0 Å². The zero-order valence-electron chi connectivity index (χ0n) is 9.14. The second-order valence-electron chi connectivity index (χ2n) is 3.71. The Balaban J connectivity index is 2.24. The van der Waals surface area contributed by atoms with Crippen LogP contribution in [0.5, 0.6) is 0 Å². The maximum atomic E-state index is 11.3. The van der Waals surface area contributed by atoms with Gasteiger partial charge >= 0.3 is 0 Å². The van der Waals surface area contributed by atoms with Crippen molar-refractivity contribution in [3.8, 4) is 0 Å². The minimum Gasteiger partial charge on any atom is -0.334 e. The van der Waals surface area contributed by atoms with Crippen molar-refractivity contribution in [3.63, 3.8) is 0 Å². The lowest BCUT2D eigenvalue weighted by molar-refractivity contribution is 0.743. The topological polar surface area (TPSA) is 60.9 Å². The highest BCUT2D eigenvalue weighted by Gasteiger charge is 2.00. The van der Waals surface area contributed by atoms with Gasteiger partial charge in [-0.05, 0) is 17.7 Å². The molecule has 0 aliphatic carbocycles. The smallest absolute Gasteiger partial charge is 0.277 e. The molecule has 17 heavy (non-hydrogen) atoms. The molecule has 1 aromatic heterocycles. The van der Waals surface area contributed by atoms with Crippen LogP contribution in [-0.2, 0) is 13.1 Å². The van der Waals surface area contributed by atoms with E-state index in [1.807, 2.05) is 28.8 Å². The summed E-state index contributed by atoms with van der Waals surface area (Å²) in [6, 6.07) is 7.53. The van der Waals surface area contributed by atoms with E-state index in [2.05, 4.69) is 4.98 Å². The van der Waals surface area contributed by atoms with Gasteiger partial charge in [-0.2, -0.15) is 4.98 Å². The van der Waals surface area contributed by atoms with Crippen molar-refractivity contribution in [1.29, 1.82) is 0 Å². The van der Waals surface area contributed by atoms with Crippen LogP contribution in [0.2, 0.25) is 5.02 Å². The van der Waals surface area contributed by atoms with Gasteiger partial charge in [-0.15, -0.1) is 0 Å². The third-order valence-electron chi connectivity index (χ3n) is 2.42. The van der Waals surface area contributed by atoms with Gasteiger partial charge in [-0.3, -0.25) is 4.79 Å². The van der Waals surface area contributed by atoms with E-state index in [4.69, 9.17) is 17.3 Å². The minimum absolute atomic E-state index is 0.202. The van der Waals surface area contributed by atoms with Gasteiger partial charge in [0.1, 0.15) is 0 Å². The van der Waals surface area contributed by atoms with E-state index in [-0.39, 0.29) is 12.1 Å². The molecule has 88 valence electrons. The lowest BCUT2D eigenvalue weighted by Crippen LogP contribution is -2.19. The van der Waals surface area contributed by atoms with Crippen LogP contribution < -0.4 is 11.3 Å². The van der Waals surface area contributed by atoms with E-state index in [9.17, 15) is 4.79 Å². The molecule has 5 heteroatoms. The second-order valence-corrected chi connectivity index (χ2v) is 4.14.